The number of hydrogen-bond acceptors (Lipinski definition) is 0. The van der Waals surface area contributed by atoms with Crippen molar-refractivity contribution in [2.45, 2.75) is 13.5 Å². The van der Waals surface area contributed by atoms with Crippen molar-refractivity contribution in [3.8, 4) is 0 Å². The molecule has 3 heteroatoms. The van der Waals surface area contributed by atoms with Gasteiger partial charge in [0.2, 0.25) is 0 Å². The summed E-state index contributed by atoms with van der Waals surface area (Å²) >= 11 is 0. The van der Waals surface area contributed by atoms with Crippen molar-refractivity contribution < 1.29 is 28.5 Å². The van der Waals surface area contributed by atoms with Crippen LogP contribution in [0.3, 0.4) is 0 Å². The van der Waals surface area contributed by atoms with Gasteiger partial charge < -0.3 is 24.0 Å². The molecule has 0 aliphatic rings. The van der Waals surface area contributed by atoms with Crippen LogP contribution in [0.25, 0.3) is 21.9 Å². The van der Waals surface area contributed by atoms with Crippen molar-refractivity contribution in [3.05, 3.63) is 42.6 Å². The Bertz CT molecular complexity index is 670. The second kappa shape index (κ2) is 4.64. The maximum absolute atomic E-state index is 2.37. The van der Waals surface area contributed by atoms with Gasteiger partial charge in [0.15, 0.2) is 0 Å². The summed E-state index contributed by atoms with van der Waals surface area (Å²) in [6.07, 6.45) is 2.10. The normalized spacial score (nSPS) is 10.7. The van der Waals surface area contributed by atoms with E-state index in [1.165, 1.54) is 21.9 Å². The van der Waals surface area contributed by atoms with Crippen LogP contribution in [-0.4, -0.2) is 4.57 Å². The Morgan fingerprint density at radius 1 is 1.06 bits per heavy atom. The number of aryl methyl sites for hydroxylation is 2. The molecular formula is C14H15IN2. The molecule has 0 N–H and O–H groups in total. The lowest BCUT2D eigenvalue weighted by atomic mass is 10.2. The summed E-state index contributed by atoms with van der Waals surface area (Å²) in [4.78, 5) is 0. The average molecular weight is 338 g/mol. The third-order valence-corrected chi connectivity index (χ3v) is 3.20. The van der Waals surface area contributed by atoms with Gasteiger partial charge in [0.25, 0.3) is 5.65 Å². The first-order valence-electron chi connectivity index (χ1n) is 5.68. The molecule has 0 fully saturated rings. The summed E-state index contributed by atoms with van der Waals surface area (Å²) in [5, 5.41) is 2.68. The minimum Gasteiger partial charge on any atom is -1.00 e. The van der Waals surface area contributed by atoms with Crippen LogP contribution in [-0.2, 0) is 13.6 Å². The number of hydrogen-bond donors (Lipinski definition) is 0. The Balaban J connectivity index is 0.00000108. The van der Waals surface area contributed by atoms with Crippen LogP contribution in [0.2, 0.25) is 0 Å². The third kappa shape index (κ3) is 1.73. The molecule has 0 saturated heterocycles. The molecule has 0 atom stereocenters. The maximum Gasteiger partial charge on any atom is 0.289 e. The summed E-state index contributed by atoms with van der Waals surface area (Å²) in [5.41, 5.74) is 2.62. The minimum atomic E-state index is 0. The second-order valence-corrected chi connectivity index (χ2v) is 4.12. The number of halogens is 1. The first-order chi connectivity index (χ1) is 7.83. The van der Waals surface area contributed by atoms with E-state index in [0.717, 1.165) is 6.54 Å². The number of fused-ring (bicyclic) bond motifs is 3. The standard InChI is InChI=1S/C14H15N2.HI/c1-3-16-13-9-5-4-7-11(13)12-8-6-10-15(2)14(12)16;/h4-10H,3H2,1-2H3;1H/q+1;/p-1. The number of benzene rings is 1. The number of rotatable bonds is 1. The van der Waals surface area contributed by atoms with E-state index in [1.54, 1.807) is 0 Å². The van der Waals surface area contributed by atoms with E-state index in [1.807, 2.05) is 0 Å². The van der Waals surface area contributed by atoms with Gasteiger partial charge in [0.1, 0.15) is 5.52 Å². The SMILES string of the molecule is CCn1c2ccccc2c2ccc[n+](C)c21.[I-]. The fourth-order valence-corrected chi connectivity index (χ4v) is 2.52. The zero-order valence-corrected chi connectivity index (χ0v) is 12.2. The third-order valence-electron chi connectivity index (χ3n) is 3.20. The van der Waals surface area contributed by atoms with Gasteiger partial charge in [0, 0.05) is 5.39 Å². The van der Waals surface area contributed by atoms with Crippen LogP contribution in [0, 0.1) is 0 Å². The molecule has 0 unspecified atom stereocenters. The van der Waals surface area contributed by atoms with Crippen molar-refractivity contribution in [3.63, 3.8) is 0 Å². The van der Waals surface area contributed by atoms with Gasteiger partial charge in [-0.3, -0.25) is 0 Å². The Morgan fingerprint density at radius 2 is 1.76 bits per heavy atom. The lowest BCUT2D eigenvalue weighted by molar-refractivity contribution is -0.647. The topological polar surface area (TPSA) is 8.81 Å². The molecule has 1 aromatic carbocycles. The fourth-order valence-electron chi connectivity index (χ4n) is 2.52. The maximum atomic E-state index is 2.37. The minimum absolute atomic E-state index is 0. The van der Waals surface area contributed by atoms with Gasteiger partial charge >= 0.3 is 0 Å². The Hall–Kier alpha value is -1.10. The molecule has 2 aromatic heterocycles. The number of pyridine rings is 1. The number of nitrogens with zero attached hydrogens (tertiary/aromatic N) is 2. The molecule has 0 saturated carbocycles. The average Bonchev–Trinajstić information content (AvgIpc) is 2.65. The smallest absolute Gasteiger partial charge is 0.289 e. The summed E-state index contributed by atoms with van der Waals surface area (Å²) in [7, 11) is 2.10. The molecule has 0 bridgehead atoms. The molecule has 0 aliphatic carbocycles. The van der Waals surface area contributed by atoms with Crippen molar-refractivity contribution >= 4 is 21.9 Å². The molecule has 17 heavy (non-hydrogen) atoms. The Morgan fingerprint density at radius 3 is 2.53 bits per heavy atom. The van der Waals surface area contributed by atoms with Crippen LogP contribution in [0.5, 0.6) is 0 Å². The molecular weight excluding hydrogens is 323 g/mol. The largest absolute Gasteiger partial charge is 1.00 e. The first kappa shape index (κ1) is 12.4. The summed E-state index contributed by atoms with van der Waals surface area (Å²) in [6, 6.07) is 12.9. The Kier molecular flexibility index (Phi) is 3.38. The van der Waals surface area contributed by atoms with Crippen LogP contribution < -0.4 is 28.5 Å². The lowest BCUT2D eigenvalue weighted by Gasteiger charge is -1.97. The van der Waals surface area contributed by atoms with E-state index in [9.17, 15) is 0 Å². The van der Waals surface area contributed by atoms with Crippen LogP contribution in [0.15, 0.2) is 42.6 Å². The van der Waals surface area contributed by atoms with Gasteiger partial charge in [-0.25, -0.2) is 9.13 Å². The van der Waals surface area contributed by atoms with E-state index in [4.69, 9.17) is 0 Å². The summed E-state index contributed by atoms with van der Waals surface area (Å²) in [6.45, 7) is 3.20. The zero-order chi connectivity index (χ0) is 11.1. The first-order valence-corrected chi connectivity index (χ1v) is 5.68. The summed E-state index contributed by atoms with van der Waals surface area (Å²) in [5.74, 6) is 0. The molecule has 0 amide bonds. The number of aromatic nitrogens is 2. The highest BCUT2D eigenvalue weighted by Crippen LogP contribution is 2.26. The van der Waals surface area contributed by atoms with Crippen molar-refractivity contribution in [1.82, 2.24) is 4.57 Å². The van der Waals surface area contributed by atoms with E-state index >= 15 is 0 Å². The van der Waals surface area contributed by atoms with E-state index in [-0.39, 0.29) is 24.0 Å². The van der Waals surface area contributed by atoms with Crippen LogP contribution in [0.1, 0.15) is 6.92 Å². The van der Waals surface area contributed by atoms with Gasteiger partial charge in [-0.15, -0.1) is 0 Å². The lowest BCUT2D eigenvalue weighted by Crippen LogP contribution is -3.00. The molecule has 0 spiro atoms. The van der Waals surface area contributed by atoms with Gasteiger partial charge in [-0.2, -0.15) is 0 Å². The van der Waals surface area contributed by atoms with Crippen molar-refractivity contribution in [1.29, 1.82) is 0 Å². The molecule has 2 nitrogen and oxygen atoms in total. The monoisotopic (exact) mass is 338 g/mol. The fraction of sp³-hybridized carbons (Fsp3) is 0.214. The van der Waals surface area contributed by atoms with Crippen molar-refractivity contribution in [2.24, 2.45) is 7.05 Å². The molecule has 88 valence electrons. The highest BCUT2D eigenvalue weighted by Gasteiger charge is 2.17. The molecule has 3 rings (SSSR count). The van der Waals surface area contributed by atoms with Crippen molar-refractivity contribution in [2.75, 3.05) is 0 Å². The van der Waals surface area contributed by atoms with E-state index in [2.05, 4.69) is 65.7 Å². The zero-order valence-electron chi connectivity index (χ0n) is 10.0. The molecule has 3 aromatic rings. The van der Waals surface area contributed by atoms with Gasteiger partial charge in [-0.05, 0) is 31.2 Å². The predicted octanol–water partition coefficient (Wildman–Crippen LogP) is -0.357. The van der Waals surface area contributed by atoms with E-state index in [0.29, 0.717) is 0 Å². The molecule has 0 aliphatic heterocycles. The van der Waals surface area contributed by atoms with Gasteiger partial charge in [0.05, 0.1) is 25.2 Å². The van der Waals surface area contributed by atoms with Crippen LogP contribution in [0.4, 0.5) is 0 Å². The number of para-hydroxylation sites is 1. The quantitative estimate of drug-likeness (QED) is 0.424. The highest BCUT2D eigenvalue weighted by molar-refractivity contribution is 6.05. The predicted molar refractivity (Wildman–Crippen MR) is 66.3 cm³/mol. The highest BCUT2D eigenvalue weighted by atomic mass is 127. The van der Waals surface area contributed by atoms with Crippen LogP contribution >= 0.6 is 0 Å². The summed E-state index contributed by atoms with van der Waals surface area (Å²) < 4.78 is 4.56. The van der Waals surface area contributed by atoms with E-state index < -0.39 is 0 Å². The molecule has 0 radical (unpaired) electrons. The van der Waals surface area contributed by atoms with Gasteiger partial charge in [-0.1, -0.05) is 12.1 Å². The Labute approximate surface area is 118 Å². The second-order valence-electron chi connectivity index (χ2n) is 4.12. The molecule has 2 heterocycles.